The minimum absolute atomic E-state index is 0.105. The van der Waals surface area contributed by atoms with E-state index in [0.29, 0.717) is 0 Å². The zero-order chi connectivity index (χ0) is 36.1. The number of para-hydroxylation sites is 3. The van der Waals surface area contributed by atoms with Gasteiger partial charge in [0, 0.05) is 47.3 Å². The molecule has 3 aromatic heterocycles. The lowest BCUT2D eigenvalue weighted by molar-refractivity contribution is 0.573. The molecule has 0 spiro atoms. The number of benzene rings is 6. The summed E-state index contributed by atoms with van der Waals surface area (Å²) in [5.41, 5.74) is 8.49. The van der Waals surface area contributed by atoms with Crippen molar-refractivity contribution in [2.75, 3.05) is 0 Å². The van der Waals surface area contributed by atoms with Gasteiger partial charge in [-0.2, -0.15) is 0 Å². The Morgan fingerprint density at radius 1 is 0.392 bits per heavy atom. The Morgan fingerprint density at radius 3 is 1.55 bits per heavy atom. The molecule has 6 aromatic carbocycles. The number of hydrogen-bond donors (Lipinski definition) is 0. The summed E-state index contributed by atoms with van der Waals surface area (Å²) < 4.78 is 14.7. The molecule has 0 saturated heterocycles. The smallest absolute Gasteiger partial charge is 0.139 e. The van der Waals surface area contributed by atoms with Crippen LogP contribution in [0.1, 0.15) is 79.0 Å². The molecule has 0 aliphatic carbocycles. The van der Waals surface area contributed by atoms with Crippen molar-refractivity contribution in [1.29, 1.82) is 0 Å². The third kappa shape index (κ3) is 6.80. The van der Waals surface area contributed by atoms with Crippen LogP contribution in [0.15, 0.2) is 136 Å². The van der Waals surface area contributed by atoms with Gasteiger partial charge in [0.1, 0.15) is 22.3 Å². The SMILES string of the molecule is CC(C)(C)c1ccc2oc3ccccc3c2c1.CC(C)(C)c1cccc2c1oc1ccccc12.CC(C)(C)c1cccc2c1sc1ccccc12. The van der Waals surface area contributed by atoms with Crippen molar-refractivity contribution in [3.63, 3.8) is 0 Å². The summed E-state index contributed by atoms with van der Waals surface area (Å²) in [5, 5.41) is 7.62. The first kappa shape index (κ1) is 34.6. The molecule has 0 N–H and O–H groups in total. The summed E-state index contributed by atoms with van der Waals surface area (Å²) in [7, 11) is 0. The molecule has 0 radical (unpaired) electrons. The number of furan rings is 2. The second kappa shape index (κ2) is 13.0. The fourth-order valence-corrected chi connectivity index (χ4v) is 8.29. The highest BCUT2D eigenvalue weighted by atomic mass is 32.1. The van der Waals surface area contributed by atoms with Gasteiger partial charge in [-0.1, -0.05) is 159 Å². The van der Waals surface area contributed by atoms with Crippen LogP contribution in [-0.2, 0) is 16.2 Å². The van der Waals surface area contributed by atoms with Gasteiger partial charge in [-0.15, -0.1) is 11.3 Å². The molecule has 0 atom stereocenters. The van der Waals surface area contributed by atoms with Crippen molar-refractivity contribution < 1.29 is 8.83 Å². The molecule has 51 heavy (non-hydrogen) atoms. The molecular formula is C48H48O2S. The molecule has 3 heteroatoms. The van der Waals surface area contributed by atoms with Gasteiger partial charge in [0.05, 0.1) is 0 Å². The Hall–Kier alpha value is -4.86. The summed E-state index contributed by atoms with van der Waals surface area (Å²) in [4.78, 5) is 0. The van der Waals surface area contributed by atoms with Crippen LogP contribution >= 0.6 is 11.3 Å². The summed E-state index contributed by atoms with van der Waals surface area (Å²) in [6.07, 6.45) is 0. The van der Waals surface area contributed by atoms with E-state index in [1.165, 1.54) is 58.4 Å². The Labute approximate surface area is 305 Å². The fraction of sp³-hybridized carbons (Fsp3) is 0.250. The summed E-state index contributed by atoms with van der Waals surface area (Å²) in [6, 6.07) is 44.7. The standard InChI is InChI=1S/2C16H16O.C16H16S/c1-16(2,3)13-9-6-8-12-11-7-4-5-10-14(11)17-15(12)13;1-16(2,3)11-8-9-15-13(10-11)12-6-4-5-7-14(12)17-15;1-16(2,3)13-9-6-8-12-11-7-4-5-10-14(11)17-15(12)13/h3*4-10H,1-3H3. The topological polar surface area (TPSA) is 26.3 Å². The van der Waals surface area contributed by atoms with Crippen LogP contribution in [0.4, 0.5) is 0 Å². The van der Waals surface area contributed by atoms with Crippen molar-refractivity contribution >= 4 is 75.4 Å². The van der Waals surface area contributed by atoms with E-state index < -0.39 is 0 Å². The highest BCUT2D eigenvalue weighted by Crippen LogP contribution is 2.40. The fourth-order valence-electron chi connectivity index (χ4n) is 6.87. The van der Waals surface area contributed by atoms with Crippen LogP contribution in [0.2, 0.25) is 0 Å². The minimum Gasteiger partial charge on any atom is -0.456 e. The summed E-state index contributed by atoms with van der Waals surface area (Å²) in [6.45, 7) is 20.2. The van der Waals surface area contributed by atoms with Crippen LogP contribution < -0.4 is 0 Å². The second-order valence-electron chi connectivity index (χ2n) is 16.6. The van der Waals surface area contributed by atoms with Gasteiger partial charge in [-0.3, -0.25) is 0 Å². The molecule has 0 amide bonds. The van der Waals surface area contributed by atoms with Crippen molar-refractivity contribution in [2.45, 2.75) is 78.6 Å². The maximum absolute atomic E-state index is 6.01. The minimum atomic E-state index is 0.105. The van der Waals surface area contributed by atoms with E-state index in [-0.39, 0.29) is 16.2 Å². The largest absolute Gasteiger partial charge is 0.456 e. The third-order valence-corrected chi connectivity index (χ3v) is 10.9. The highest BCUT2D eigenvalue weighted by molar-refractivity contribution is 7.26. The van der Waals surface area contributed by atoms with E-state index in [2.05, 4.69) is 165 Å². The van der Waals surface area contributed by atoms with Crippen molar-refractivity contribution in [3.8, 4) is 0 Å². The molecular weight excluding hydrogens is 641 g/mol. The first-order chi connectivity index (χ1) is 24.2. The zero-order valence-corrected chi connectivity index (χ0v) is 32.2. The van der Waals surface area contributed by atoms with E-state index in [1.54, 1.807) is 0 Å². The Kier molecular flexibility index (Phi) is 8.84. The molecule has 258 valence electrons. The van der Waals surface area contributed by atoms with E-state index >= 15 is 0 Å². The van der Waals surface area contributed by atoms with E-state index in [9.17, 15) is 0 Å². The van der Waals surface area contributed by atoms with Gasteiger partial charge in [-0.25, -0.2) is 0 Å². The molecule has 0 aliphatic heterocycles. The Bertz CT molecular complexity index is 2500. The Balaban J connectivity index is 0.000000119. The van der Waals surface area contributed by atoms with Gasteiger partial charge < -0.3 is 8.83 Å². The first-order valence-electron chi connectivity index (χ1n) is 17.9. The lowest BCUT2D eigenvalue weighted by Gasteiger charge is -2.19. The van der Waals surface area contributed by atoms with E-state index in [4.69, 9.17) is 8.83 Å². The molecule has 0 bridgehead atoms. The maximum Gasteiger partial charge on any atom is 0.139 e. The first-order valence-corrected chi connectivity index (χ1v) is 18.7. The second-order valence-corrected chi connectivity index (χ2v) is 17.7. The van der Waals surface area contributed by atoms with Crippen LogP contribution in [-0.4, -0.2) is 0 Å². The van der Waals surface area contributed by atoms with Crippen LogP contribution in [0.25, 0.3) is 64.0 Å². The van der Waals surface area contributed by atoms with Crippen molar-refractivity contribution in [1.82, 2.24) is 0 Å². The predicted octanol–water partition coefficient (Wildman–Crippen LogP) is 15.1. The molecule has 9 rings (SSSR count). The van der Waals surface area contributed by atoms with Crippen LogP contribution in [0.3, 0.4) is 0 Å². The lowest BCUT2D eigenvalue weighted by Crippen LogP contribution is -2.10. The zero-order valence-electron chi connectivity index (χ0n) is 31.3. The van der Waals surface area contributed by atoms with Crippen molar-refractivity contribution in [2.24, 2.45) is 0 Å². The van der Waals surface area contributed by atoms with Gasteiger partial charge in [0.2, 0.25) is 0 Å². The highest BCUT2D eigenvalue weighted by Gasteiger charge is 2.21. The van der Waals surface area contributed by atoms with E-state index in [1.807, 2.05) is 35.6 Å². The van der Waals surface area contributed by atoms with Gasteiger partial charge in [0.25, 0.3) is 0 Å². The van der Waals surface area contributed by atoms with Crippen molar-refractivity contribution in [3.05, 3.63) is 144 Å². The molecule has 0 unspecified atom stereocenters. The molecule has 9 aromatic rings. The maximum atomic E-state index is 6.01. The van der Waals surface area contributed by atoms with Gasteiger partial charge in [0.15, 0.2) is 0 Å². The van der Waals surface area contributed by atoms with Gasteiger partial charge >= 0.3 is 0 Å². The van der Waals surface area contributed by atoms with Crippen LogP contribution in [0, 0.1) is 0 Å². The molecule has 2 nitrogen and oxygen atoms in total. The number of fused-ring (bicyclic) bond motifs is 9. The Morgan fingerprint density at radius 2 is 0.902 bits per heavy atom. The molecule has 0 aliphatic rings. The number of hydrogen-bond acceptors (Lipinski definition) is 3. The normalized spacial score (nSPS) is 12.4. The average molecular weight is 689 g/mol. The summed E-state index contributed by atoms with van der Waals surface area (Å²) >= 11 is 1.92. The summed E-state index contributed by atoms with van der Waals surface area (Å²) in [5.74, 6) is 0. The third-order valence-electron chi connectivity index (χ3n) is 9.67. The number of rotatable bonds is 0. The molecule has 0 fully saturated rings. The quantitative estimate of drug-likeness (QED) is 0.158. The predicted molar refractivity (Wildman–Crippen MR) is 223 cm³/mol. The number of thiophene rings is 1. The van der Waals surface area contributed by atoms with Gasteiger partial charge in [-0.05, 0) is 57.7 Å². The average Bonchev–Trinajstić information content (AvgIpc) is 3.78. The monoisotopic (exact) mass is 688 g/mol. The molecule has 0 saturated carbocycles. The lowest BCUT2D eigenvalue weighted by atomic mass is 9.86. The van der Waals surface area contributed by atoms with Crippen LogP contribution in [0.5, 0.6) is 0 Å². The molecule has 3 heterocycles. The van der Waals surface area contributed by atoms with E-state index in [0.717, 1.165) is 22.3 Å².